The number of hydrogen-bond donors (Lipinski definition) is 0. The maximum absolute atomic E-state index is 11.8. The predicted molar refractivity (Wildman–Crippen MR) is 64.2 cm³/mol. The van der Waals surface area contributed by atoms with Gasteiger partial charge in [0.25, 0.3) is 0 Å². The molecule has 1 saturated carbocycles. The summed E-state index contributed by atoms with van der Waals surface area (Å²) in [5.74, 6) is 1.59. The summed E-state index contributed by atoms with van der Waals surface area (Å²) in [5, 5.41) is 2.10. The van der Waals surface area contributed by atoms with Crippen LogP contribution in [-0.2, 0) is 11.2 Å². The van der Waals surface area contributed by atoms with Crippen LogP contribution in [0.2, 0.25) is 0 Å². The summed E-state index contributed by atoms with van der Waals surface area (Å²) in [7, 11) is 0. The third-order valence-electron chi connectivity index (χ3n) is 3.48. The first kappa shape index (κ1) is 10.9. The Kier molecular flexibility index (Phi) is 3.57. The van der Waals surface area contributed by atoms with Crippen LogP contribution in [0.4, 0.5) is 0 Å². The van der Waals surface area contributed by atoms with Gasteiger partial charge in [0.2, 0.25) is 0 Å². The monoisotopic (exact) mass is 222 g/mol. The van der Waals surface area contributed by atoms with Crippen LogP contribution < -0.4 is 0 Å². The highest BCUT2D eigenvalue weighted by Gasteiger charge is 2.27. The smallest absolute Gasteiger partial charge is 0.136 e. The van der Waals surface area contributed by atoms with Crippen molar-refractivity contribution in [2.24, 2.45) is 11.8 Å². The Labute approximate surface area is 95.5 Å². The quantitative estimate of drug-likeness (QED) is 0.762. The first-order valence-electron chi connectivity index (χ1n) is 5.84. The number of rotatable bonds is 3. The fourth-order valence-corrected chi connectivity index (χ4v) is 3.23. The van der Waals surface area contributed by atoms with Crippen LogP contribution in [-0.4, -0.2) is 5.78 Å². The molecule has 2 unspecified atom stereocenters. The lowest BCUT2D eigenvalue weighted by Gasteiger charge is -2.26. The Hall–Kier alpha value is -0.630. The van der Waals surface area contributed by atoms with E-state index in [0.29, 0.717) is 11.7 Å². The van der Waals surface area contributed by atoms with Gasteiger partial charge in [-0.1, -0.05) is 19.4 Å². The number of Topliss-reactive ketones (excluding diaryl/α,β-unsaturated/α-hetero) is 1. The van der Waals surface area contributed by atoms with E-state index in [1.165, 1.54) is 11.3 Å². The van der Waals surface area contributed by atoms with Crippen molar-refractivity contribution in [3.63, 3.8) is 0 Å². The minimum absolute atomic E-state index is 0.308. The first-order chi connectivity index (χ1) is 7.29. The summed E-state index contributed by atoms with van der Waals surface area (Å²) in [4.78, 5) is 13.2. The number of carbonyl (C=O) groups is 1. The molecule has 2 atom stereocenters. The molecule has 0 N–H and O–H groups in total. The minimum Gasteiger partial charge on any atom is -0.299 e. The van der Waals surface area contributed by atoms with Gasteiger partial charge in [-0.3, -0.25) is 4.79 Å². The van der Waals surface area contributed by atoms with Crippen molar-refractivity contribution in [1.82, 2.24) is 0 Å². The zero-order chi connectivity index (χ0) is 10.7. The van der Waals surface area contributed by atoms with Gasteiger partial charge in [-0.2, -0.15) is 0 Å². The summed E-state index contributed by atoms with van der Waals surface area (Å²) in [6, 6.07) is 4.22. The van der Waals surface area contributed by atoms with Crippen molar-refractivity contribution in [2.75, 3.05) is 0 Å². The topological polar surface area (TPSA) is 17.1 Å². The van der Waals surface area contributed by atoms with Gasteiger partial charge in [0.05, 0.1) is 0 Å². The number of carbonyl (C=O) groups excluding carboxylic acids is 1. The molecular weight excluding hydrogens is 204 g/mol. The molecule has 0 saturated heterocycles. The average Bonchev–Trinajstić information content (AvgIpc) is 2.74. The van der Waals surface area contributed by atoms with Gasteiger partial charge in [-0.05, 0) is 36.6 Å². The maximum atomic E-state index is 11.8. The second kappa shape index (κ2) is 4.93. The van der Waals surface area contributed by atoms with E-state index in [0.717, 1.165) is 31.6 Å². The van der Waals surface area contributed by atoms with E-state index < -0.39 is 0 Å². The van der Waals surface area contributed by atoms with Gasteiger partial charge in [0.1, 0.15) is 5.78 Å². The Morgan fingerprint density at radius 1 is 1.53 bits per heavy atom. The molecule has 0 aromatic carbocycles. The minimum atomic E-state index is 0.308. The highest BCUT2D eigenvalue weighted by Crippen LogP contribution is 2.31. The van der Waals surface area contributed by atoms with Gasteiger partial charge in [0.15, 0.2) is 0 Å². The van der Waals surface area contributed by atoms with Crippen molar-refractivity contribution in [1.29, 1.82) is 0 Å². The largest absolute Gasteiger partial charge is 0.299 e. The van der Waals surface area contributed by atoms with Crippen LogP contribution in [0.1, 0.15) is 37.5 Å². The molecule has 0 amide bonds. The maximum Gasteiger partial charge on any atom is 0.136 e. The fourth-order valence-electron chi connectivity index (χ4n) is 2.44. The highest BCUT2D eigenvalue weighted by atomic mass is 32.1. The Morgan fingerprint density at radius 3 is 3.07 bits per heavy atom. The van der Waals surface area contributed by atoms with Crippen molar-refractivity contribution >= 4 is 17.1 Å². The van der Waals surface area contributed by atoms with Gasteiger partial charge < -0.3 is 0 Å². The molecule has 1 fully saturated rings. The van der Waals surface area contributed by atoms with Crippen LogP contribution in [0.3, 0.4) is 0 Å². The molecular formula is C13H18OS. The van der Waals surface area contributed by atoms with Gasteiger partial charge in [0, 0.05) is 17.2 Å². The highest BCUT2D eigenvalue weighted by molar-refractivity contribution is 7.09. The molecule has 1 aromatic heterocycles. The molecule has 82 valence electrons. The lowest BCUT2D eigenvalue weighted by molar-refractivity contribution is -0.125. The number of thiophene rings is 1. The molecule has 1 aromatic rings. The molecule has 0 radical (unpaired) electrons. The summed E-state index contributed by atoms with van der Waals surface area (Å²) in [6.07, 6.45) is 5.26. The lowest BCUT2D eigenvalue weighted by Crippen LogP contribution is -2.26. The second-order valence-electron chi connectivity index (χ2n) is 4.50. The van der Waals surface area contributed by atoms with Gasteiger partial charge >= 0.3 is 0 Å². The van der Waals surface area contributed by atoms with Crippen LogP contribution in [0.25, 0.3) is 0 Å². The fraction of sp³-hybridized carbons (Fsp3) is 0.615. The van der Waals surface area contributed by atoms with Crippen LogP contribution in [0.5, 0.6) is 0 Å². The van der Waals surface area contributed by atoms with Crippen molar-refractivity contribution < 1.29 is 4.79 Å². The van der Waals surface area contributed by atoms with E-state index >= 15 is 0 Å². The molecule has 2 rings (SSSR count). The van der Waals surface area contributed by atoms with Crippen molar-refractivity contribution in [2.45, 2.75) is 39.0 Å². The third kappa shape index (κ3) is 2.69. The SMILES string of the molecule is CCC1CCC(=O)C(Cc2cccs2)C1. The molecule has 1 nitrogen and oxygen atoms in total. The average molecular weight is 222 g/mol. The van der Waals surface area contributed by atoms with Crippen LogP contribution >= 0.6 is 11.3 Å². The number of hydrogen-bond acceptors (Lipinski definition) is 2. The third-order valence-corrected chi connectivity index (χ3v) is 4.38. The zero-order valence-corrected chi connectivity index (χ0v) is 10.1. The number of ketones is 1. The van der Waals surface area contributed by atoms with Crippen LogP contribution in [0, 0.1) is 11.8 Å². The van der Waals surface area contributed by atoms with Crippen molar-refractivity contribution in [3.8, 4) is 0 Å². The standard InChI is InChI=1S/C13H18OS/c1-2-10-5-6-13(14)11(8-10)9-12-4-3-7-15-12/h3-4,7,10-11H,2,5-6,8-9H2,1H3. The van der Waals surface area contributed by atoms with Crippen molar-refractivity contribution in [3.05, 3.63) is 22.4 Å². The molecule has 0 bridgehead atoms. The molecule has 0 spiro atoms. The molecule has 2 heteroatoms. The Morgan fingerprint density at radius 2 is 2.40 bits per heavy atom. The predicted octanol–water partition coefficient (Wildman–Crippen LogP) is 3.69. The molecule has 0 aliphatic heterocycles. The Bertz CT molecular complexity index is 315. The Balaban J connectivity index is 1.97. The molecule has 15 heavy (non-hydrogen) atoms. The first-order valence-corrected chi connectivity index (χ1v) is 6.72. The van der Waals surface area contributed by atoms with E-state index in [2.05, 4.69) is 24.4 Å². The van der Waals surface area contributed by atoms with Crippen LogP contribution in [0.15, 0.2) is 17.5 Å². The summed E-state index contributed by atoms with van der Waals surface area (Å²) in [5.41, 5.74) is 0. The van der Waals surface area contributed by atoms with E-state index in [-0.39, 0.29) is 0 Å². The van der Waals surface area contributed by atoms with E-state index in [1.807, 2.05) is 0 Å². The zero-order valence-electron chi connectivity index (χ0n) is 9.24. The summed E-state index contributed by atoms with van der Waals surface area (Å²) < 4.78 is 0. The summed E-state index contributed by atoms with van der Waals surface area (Å²) in [6.45, 7) is 2.24. The molecule has 1 heterocycles. The van der Waals surface area contributed by atoms with Gasteiger partial charge in [-0.15, -0.1) is 11.3 Å². The van der Waals surface area contributed by atoms with E-state index in [1.54, 1.807) is 11.3 Å². The van der Waals surface area contributed by atoms with E-state index in [9.17, 15) is 4.79 Å². The van der Waals surface area contributed by atoms with Gasteiger partial charge in [-0.25, -0.2) is 0 Å². The second-order valence-corrected chi connectivity index (χ2v) is 5.53. The normalized spacial score (nSPS) is 26.9. The van der Waals surface area contributed by atoms with E-state index in [4.69, 9.17) is 0 Å². The molecule has 1 aliphatic rings. The lowest BCUT2D eigenvalue weighted by atomic mass is 9.78. The summed E-state index contributed by atoms with van der Waals surface area (Å²) >= 11 is 1.78. The molecule has 1 aliphatic carbocycles.